The van der Waals surface area contributed by atoms with E-state index in [2.05, 4.69) is 27.7 Å². The number of rotatable bonds is 5. The average molecular weight is 448 g/mol. The number of nitrogens with two attached hydrogens (primary N) is 1. The van der Waals surface area contributed by atoms with Gasteiger partial charge in [0.05, 0.1) is 15.9 Å². The Kier molecular flexibility index (Phi) is 5.59. The first kappa shape index (κ1) is 22.1. The standard InChI is InChI=1S/C26H29N3O2S/c1-16(2)24-15-29(32(30,31)22-9-6-17(3)7-10-22)25-11-8-21(28-26(24)25)14-23-18(4)12-20(27)13-19(23)5/h6-13,15-16H,14,27H2,1-5H3. The number of aromatic nitrogens is 2. The lowest BCUT2D eigenvalue weighted by Gasteiger charge is -2.12. The topological polar surface area (TPSA) is 78.0 Å². The van der Waals surface area contributed by atoms with E-state index in [1.54, 1.807) is 18.3 Å². The molecule has 0 atom stereocenters. The third-order valence-corrected chi connectivity index (χ3v) is 7.66. The van der Waals surface area contributed by atoms with Crippen LogP contribution in [0.5, 0.6) is 0 Å². The van der Waals surface area contributed by atoms with Crippen molar-refractivity contribution in [3.8, 4) is 0 Å². The largest absolute Gasteiger partial charge is 0.399 e. The van der Waals surface area contributed by atoms with Gasteiger partial charge in [0.25, 0.3) is 10.0 Å². The van der Waals surface area contributed by atoms with Crippen molar-refractivity contribution in [2.24, 2.45) is 0 Å². The third-order valence-electron chi connectivity index (χ3n) is 5.97. The van der Waals surface area contributed by atoms with Crippen LogP contribution in [0, 0.1) is 20.8 Å². The second-order valence-electron chi connectivity index (χ2n) is 8.83. The summed E-state index contributed by atoms with van der Waals surface area (Å²) in [6.07, 6.45) is 2.39. The van der Waals surface area contributed by atoms with Crippen LogP contribution in [0.15, 0.2) is 59.6 Å². The molecule has 2 aromatic heterocycles. The summed E-state index contributed by atoms with van der Waals surface area (Å²) in [6, 6.07) is 14.7. The first-order valence-corrected chi connectivity index (χ1v) is 12.2. The van der Waals surface area contributed by atoms with E-state index in [-0.39, 0.29) is 10.8 Å². The number of fused-ring (bicyclic) bond motifs is 1. The molecule has 2 heterocycles. The summed E-state index contributed by atoms with van der Waals surface area (Å²) >= 11 is 0. The first-order chi connectivity index (χ1) is 15.1. The summed E-state index contributed by atoms with van der Waals surface area (Å²) in [4.78, 5) is 5.19. The first-order valence-electron chi connectivity index (χ1n) is 10.8. The van der Waals surface area contributed by atoms with Crippen molar-refractivity contribution in [2.45, 2.75) is 51.9 Å². The second kappa shape index (κ2) is 8.10. The molecule has 0 saturated carbocycles. The minimum absolute atomic E-state index is 0.134. The summed E-state index contributed by atoms with van der Waals surface area (Å²) < 4.78 is 28.2. The Bertz CT molecular complexity index is 1390. The van der Waals surface area contributed by atoms with E-state index in [0.29, 0.717) is 11.9 Å². The van der Waals surface area contributed by atoms with Gasteiger partial charge in [0.1, 0.15) is 0 Å². The Morgan fingerprint density at radius 3 is 2.19 bits per heavy atom. The van der Waals surface area contributed by atoms with Gasteiger partial charge in [-0.1, -0.05) is 31.5 Å². The molecular weight excluding hydrogens is 418 g/mol. The zero-order chi connectivity index (χ0) is 23.2. The van der Waals surface area contributed by atoms with E-state index < -0.39 is 10.0 Å². The van der Waals surface area contributed by atoms with Crippen LogP contribution >= 0.6 is 0 Å². The number of aryl methyl sites for hydroxylation is 3. The van der Waals surface area contributed by atoms with Gasteiger partial charge in [0.2, 0.25) is 0 Å². The van der Waals surface area contributed by atoms with Crippen LogP contribution in [0.1, 0.15) is 53.3 Å². The molecule has 6 heteroatoms. The molecule has 0 bridgehead atoms. The highest BCUT2D eigenvalue weighted by Gasteiger charge is 2.23. The van der Waals surface area contributed by atoms with Crippen molar-refractivity contribution in [2.75, 3.05) is 5.73 Å². The van der Waals surface area contributed by atoms with Crippen LogP contribution in [0.4, 0.5) is 5.69 Å². The summed E-state index contributed by atoms with van der Waals surface area (Å²) in [5.41, 5.74) is 14.4. The maximum atomic E-state index is 13.4. The monoisotopic (exact) mass is 447 g/mol. The maximum Gasteiger partial charge on any atom is 0.268 e. The number of nitrogen functional groups attached to an aromatic ring is 1. The van der Waals surface area contributed by atoms with Gasteiger partial charge < -0.3 is 5.73 Å². The van der Waals surface area contributed by atoms with Gasteiger partial charge in [0.15, 0.2) is 0 Å². The van der Waals surface area contributed by atoms with E-state index in [1.807, 2.05) is 43.3 Å². The number of anilines is 1. The van der Waals surface area contributed by atoms with Gasteiger partial charge >= 0.3 is 0 Å². The van der Waals surface area contributed by atoms with E-state index in [4.69, 9.17) is 10.7 Å². The fourth-order valence-corrected chi connectivity index (χ4v) is 5.54. The van der Waals surface area contributed by atoms with Crippen molar-refractivity contribution < 1.29 is 8.42 Å². The lowest BCUT2D eigenvalue weighted by Crippen LogP contribution is -2.12. The Balaban J connectivity index is 1.84. The van der Waals surface area contributed by atoms with Crippen LogP contribution in [-0.2, 0) is 16.4 Å². The lowest BCUT2D eigenvalue weighted by atomic mass is 9.97. The zero-order valence-electron chi connectivity index (χ0n) is 19.2. The van der Waals surface area contributed by atoms with Crippen LogP contribution in [0.3, 0.4) is 0 Å². The normalized spacial score (nSPS) is 12.1. The van der Waals surface area contributed by atoms with Gasteiger partial charge in [-0.2, -0.15) is 0 Å². The molecule has 32 heavy (non-hydrogen) atoms. The smallest absolute Gasteiger partial charge is 0.268 e. The van der Waals surface area contributed by atoms with Crippen LogP contribution in [-0.4, -0.2) is 17.4 Å². The van der Waals surface area contributed by atoms with Gasteiger partial charge in [-0.25, -0.2) is 12.4 Å². The molecule has 4 rings (SSSR count). The van der Waals surface area contributed by atoms with Gasteiger partial charge in [0, 0.05) is 24.0 Å². The Morgan fingerprint density at radius 1 is 0.969 bits per heavy atom. The molecule has 2 aromatic carbocycles. The second-order valence-corrected chi connectivity index (χ2v) is 10.6. The summed E-state index contributed by atoms with van der Waals surface area (Å²) in [6.45, 7) is 10.2. The molecule has 4 aromatic rings. The lowest BCUT2D eigenvalue weighted by molar-refractivity contribution is 0.589. The minimum Gasteiger partial charge on any atom is -0.399 e. The van der Waals surface area contributed by atoms with Crippen molar-refractivity contribution in [3.05, 3.63) is 88.2 Å². The quantitative estimate of drug-likeness (QED) is 0.410. The van der Waals surface area contributed by atoms with Crippen molar-refractivity contribution in [3.63, 3.8) is 0 Å². The highest BCUT2D eigenvalue weighted by Crippen LogP contribution is 2.30. The number of nitrogens with zero attached hydrogens (tertiary/aromatic N) is 2. The zero-order valence-corrected chi connectivity index (χ0v) is 20.0. The molecule has 0 aliphatic heterocycles. The molecule has 2 N–H and O–H groups in total. The third kappa shape index (κ3) is 3.91. The highest BCUT2D eigenvalue weighted by atomic mass is 32.2. The summed E-state index contributed by atoms with van der Waals surface area (Å²) in [5, 5.41) is 0. The van der Waals surface area contributed by atoms with E-state index in [1.165, 1.54) is 9.54 Å². The van der Waals surface area contributed by atoms with E-state index in [0.717, 1.165) is 39.2 Å². The van der Waals surface area contributed by atoms with Crippen LogP contribution in [0.2, 0.25) is 0 Å². The van der Waals surface area contributed by atoms with Crippen LogP contribution < -0.4 is 5.73 Å². The predicted octanol–water partition coefficient (Wildman–Crippen LogP) is 5.49. The molecule has 166 valence electrons. The molecule has 0 aliphatic rings. The molecule has 0 saturated heterocycles. The van der Waals surface area contributed by atoms with E-state index in [9.17, 15) is 8.42 Å². The SMILES string of the molecule is Cc1ccc(S(=O)(=O)n2cc(C(C)C)c3nc(Cc4c(C)cc(N)cc4C)ccc32)cc1. The fourth-order valence-electron chi connectivity index (χ4n) is 4.17. The van der Waals surface area contributed by atoms with Gasteiger partial charge in [-0.3, -0.25) is 4.98 Å². The van der Waals surface area contributed by atoms with Crippen LogP contribution in [0.25, 0.3) is 11.0 Å². The highest BCUT2D eigenvalue weighted by molar-refractivity contribution is 7.90. The Morgan fingerprint density at radius 2 is 1.59 bits per heavy atom. The Hall–Kier alpha value is -3.12. The number of benzene rings is 2. The van der Waals surface area contributed by atoms with Gasteiger partial charge in [-0.15, -0.1) is 0 Å². The molecular formula is C26H29N3O2S. The molecule has 0 aliphatic carbocycles. The summed E-state index contributed by atoms with van der Waals surface area (Å²) in [5.74, 6) is 0.134. The van der Waals surface area contributed by atoms with Crippen molar-refractivity contribution >= 4 is 26.7 Å². The molecule has 0 spiro atoms. The maximum absolute atomic E-state index is 13.4. The number of pyridine rings is 1. The molecule has 0 amide bonds. The van der Waals surface area contributed by atoms with Crippen molar-refractivity contribution in [1.29, 1.82) is 0 Å². The van der Waals surface area contributed by atoms with Crippen molar-refractivity contribution in [1.82, 2.24) is 8.96 Å². The number of hydrogen-bond donors (Lipinski definition) is 1. The number of hydrogen-bond acceptors (Lipinski definition) is 4. The van der Waals surface area contributed by atoms with Gasteiger partial charge in [-0.05, 0) is 85.3 Å². The minimum atomic E-state index is -3.72. The predicted molar refractivity (Wildman–Crippen MR) is 131 cm³/mol. The van der Waals surface area contributed by atoms with E-state index >= 15 is 0 Å². The molecule has 0 radical (unpaired) electrons. The molecule has 0 unspecified atom stereocenters. The summed E-state index contributed by atoms with van der Waals surface area (Å²) in [7, 11) is -3.72. The average Bonchev–Trinajstić information content (AvgIpc) is 3.11. The fraction of sp³-hybridized carbons (Fsp3) is 0.269. The molecule has 5 nitrogen and oxygen atoms in total. The molecule has 0 fully saturated rings. The Labute approximate surface area is 190 Å².